The summed E-state index contributed by atoms with van der Waals surface area (Å²) in [4.78, 5) is 11.8. The molecule has 1 unspecified atom stereocenters. The third-order valence-electron chi connectivity index (χ3n) is 3.75. The monoisotopic (exact) mass is 246 g/mol. The molecule has 98 valence electrons. The lowest BCUT2D eigenvalue weighted by Crippen LogP contribution is -2.25. The summed E-state index contributed by atoms with van der Waals surface area (Å²) in [6.07, 6.45) is 1.91. The van der Waals surface area contributed by atoms with Crippen molar-refractivity contribution in [3.63, 3.8) is 0 Å². The van der Waals surface area contributed by atoms with E-state index >= 15 is 0 Å². The normalized spacial score (nSPS) is 20.5. The average molecular weight is 246 g/mol. The van der Waals surface area contributed by atoms with Gasteiger partial charge in [-0.1, -0.05) is 38.1 Å². The van der Waals surface area contributed by atoms with Crippen LogP contribution in [0, 0.1) is 11.3 Å². The van der Waals surface area contributed by atoms with E-state index < -0.39 is 0 Å². The van der Waals surface area contributed by atoms with Gasteiger partial charge in [-0.2, -0.15) is 0 Å². The third-order valence-corrected chi connectivity index (χ3v) is 3.75. The molecule has 18 heavy (non-hydrogen) atoms. The van der Waals surface area contributed by atoms with Crippen molar-refractivity contribution < 1.29 is 4.79 Å². The van der Waals surface area contributed by atoms with Crippen LogP contribution in [-0.2, 0) is 17.8 Å². The number of carbonyl (C=O) groups is 1. The Balaban J connectivity index is 1.81. The van der Waals surface area contributed by atoms with Gasteiger partial charge < -0.3 is 11.1 Å². The third kappa shape index (κ3) is 3.10. The van der Waals surface area contributed by atoms with E-state index in [9.17, 15) is 4.79 Å². The van der Waals surface area contributed by atoms with Crippen molar-refractivity contribution in [2.24, 2.45) is 17.1 Å². The lowest BCUT2D eigenvalue weighted by Gasteiger charge is -2.07. The maximum atomic E-state index is 11.8. The highest BCUT2D eigenvalue weighted by Crippen LogP contribution is 2.51. The van der Waals surface area contributed by atoms with E-state index in [1.165, 1.54) is 5.56 Å². The second-order valence-corrected chi connectivity index (χ2v) is 5.82. The number of benzene rings is 1. The van der Waals surface area contributed by atoms with Crippen molar-refractivity contribution in [1.82, 2.24) is 5.32 Å². The summed E-state index contributed by atoms with van der Waals surface area (Å²) in [6.45, 7) is 5.57. The largest absolute Gasteiger partial charge is 0.352 e. The quantitative estimate of drug-likeness (QED) is 0.833. The van der Waals surface area contributed by atoms with Gasteiger partial charge in [0, 0.05) is 12.5 Å². The van der Waals surface area contributed by atoms with Crippen LogP contribution in [0.25, 0.3) is 0 Å². The van der Waals surface area contributed by atoms with Crippen LogP contribution in [0.15, 0.2) is 24.3 Å². The molecule has 0 radical (unpaired) electrons. The lowest BCUT2D eigenvalue weighted by atomic mass is 10.1. The number of carbonyl (C=O) groups excluding carboxylic acids is 1. The van der Waals surface area contributed by atoms with Crippen molar-refractivity contribution in [3.8, 4) is 0 Å². The fourth-order valence-electron chi connectivity index (χ4n) is 2.22. The minimum Gasteiger partial charge on any atom is -0.352 e. The molecular formula is C15H22N2O. The summed E-state index contributed by atoms with van der Waals surface area (Å²) in [6, 6.07) is 8.28. The highest BCUT2D eigenvalue weighted by Gasteiger charge is 2.50. The molecule has 1 aliphatic carbocycles. The number of rotatable bonds is 5. The summed E-state index contributed by atoms with van der Waals surface area (Å²) in [5.74, 6) is 0.389. The second kappa shape index (κ2) is 5.11. The highest BCUT2D eigenvalue weighted by molar-refractivity contribution is 5.82. The molecule has 3 heteroatoms. The van der Waals surface area contributed by atoms with Gasteiger partial charge in [0.2, 0.25) is 5.91 Å². The molecule has 2 rings (SSSR count). The van der Waals surface area contributed by atoms with E-state index in [0.29, 0.717) is 13.1 Å². The van der Waals surface area contributed by atoms with E-state index in [4.69, 9.17) is 5.73 Å². The first-order valence-corrected chi connectivity index (χ1v) is 6.58. The van der Waals surface area contributed by atoms with Crippen molar-refractivity contribution in [1.29, 1.82) is 0 Å². The van der Waals surface area contributed by atoms with Crippen molar-refractivity contribution in [2.45, 2.75) is 33.2 Å². The number of hydrogen-bond acceptors (Lipinski definition) is 2. The summed E-state index contributed by atoms with van der Waals surface area (Å²) >= 11 is 0. The van der Waals surface area contributed by atoms with Crippen molar-refractivity contribution in [3.05, 3.63) is 35.4 Å². The van der Waals surface area contributed by atoms with Crippen LogP contribution in [0.2, 0.25) is 0 Å². The van der Waals surface area contributed by atoms with E-state index in [1.807, 2.05) is 0 Å². The number of nitrogens with one attached hydrogen (secondary N) is 1. The van der Waals surface area contributed by atoms with Gasteiger partial charge in [-0.05, 0) is 35.9 Å². The maximum absolute atomic E-state index is 11.8. The van der Waals surface area contributed by atoms with Gasteiger partial charge in [0.15, 0.2) is 0 Å². The predicted molar refractivity (Wildman–Crippen MR) is 72.9 cm³/mol. The highest BCUT2D eigenvalue weighted by atomic mass is 16.2. The molecule has 1 aromatic rings. The number of hydrogen-bond donors (Lipinski definition) is 2. The Morgan fingerprint density at radius 1 is 1.33 bits per heavy atom. The number of nitrogens with two attached hydrogens (primary N) is 1. The summed E-state index contributed by atoms with van der Waals surface area (Å²) in [7, 11) is 0. The van der Waals surface area contributed by atoms with E-state index in [2.05, 4.69) is 43.4 Å². The van der Waals surface area contributed by atoms with Crippen LogP contribution in [0.1, 0.15) is 31.4 Å². The molecule has 0 aromatic heterocycles. The summed E-state index contributed by atoms with van der Waals surface area (Å²) < 4.78 is 0. The smallest absolute Gasteiger partial charge is 0.223 e. The standard InChI is InChI=1S/C15H22N2O/c1-15(2)9-13(15)14(18)17-10-12-5-3-11(4-6-12)7-8-16/h3-6,13H,7-10,16H2,1-2H3,(H,17,18). The van der Waals surface area contributed by atoms with Crippen LogP contribution in [-0.4, -0.2) is 12.5 Å². The fraction of sp³-hybridized carbons (Fsp3) is 0.533. The van der Waals surface area contributed by atoms with Gasteiger partial charge in [-0.25, -0.2) is 0 Å². The van der Waals surface area contributed by atoms with Gasteiger partial charge in [0.1, 0.15) is 0 Å². The molecule has 0 spiro atoms. The first-order chi connectivity index (χ1) is 8.53. The molecule has 1 amide bonds. The van der Waals surface area contributed by atoms with Gasteiger partial charge >= 0.3 is 0 Å². The Bertz CT molecular complexity index is 423. The van der Waals surface area contributed by atoms with Gasteiger partial charge in [-0.3, -0.25) is 4.79 Å². The topological polar surface area (TPSA) is 55.1 Å². The zero-order valence-corrected chi connectivity index (χ0v) is 11.2. The molecular weight excluding hydrogens is 224 g/mol. The Labute approximate surface area is 109 Å². The van der Waals surface area contributed by atoms with Crippen LogP contribution < -0.4 is 11.1 Å². The molecule has 0 saturated heterocycles. The molecule has 0 aliphatic heterocycles. The second-order valence-electron chi connectivity index (χ2n) is 5.82. The van der Waals surface area contributed by atoms with E-state index in [0.717, 1.165) is 18.4 Å². The first-order valence-electron chi connectivity index (χ1n) is 6.58. The minimum atomic E-state index is 0.186. The van der Waals surface area contributed by atoms with Gasteiger partial charge in [0.25, 0.3) is 0 Å². The van der Waals surface area contributed by atoms with Crippen LogP contribution >= 0.6 is 0 Å². The van der Waals surface area contributed by atoms with E-state index in [-0.39, 0.29) is 17.2 Å². The van der Waals surface area contributed by atoms with Crippen LogP contribution in [0.5, 0.6) is 0 Å². The van der Waals surface area contributed by atoms with Crippen molar-refractivity contribution in [2.75, 3.05) is 6.54 Å². The molecule has 0 bridgehead atoms. The SMILES string of the molecule is CC1(C)CC1C(=O)NCc1ccc(CCN)cc1. The molecule has 1 aromatic carbocycles. The number of amides is 1. The molecule has 3 nitrogen and oxygen atoms in total. The molecule has 0 heterocycles. The Morgan fingerprint density at radius 3 is 2.39 bits per heavy atom. The maximum Gasteiger partial charge on any atom is 0.223 e. The van der Waals surface area contributed by atoms with Crippen LogP contribution in [0.4, 0.5) is 0 Å². The predicted octanol–water partition coefficient (Wildman–Crippen LogP) is 1.85. The Morgan fingerprint density at radius 2 is 1.89 bits per heavy atom. The van der Waals surface area contributed by atoms with Crippen molar-refractivity contribution >= 4 is 5.91 Å². The van der Waals surface area contributed by atoms with Gasteiger partial charge in [0.05, 0.1) is 0 Å². The van der Waals surface area contributed by atoms with E-state index in [1.54, 1.807) is 0 Å². The Hall–Kier alpha value is -1.35. The zero-order chi connectivity index (χ0) is 13.2. The lowest BCUT2D eigenvalue weighted by molar-refractivity contribution is -0.123. The summed E-state index contributed by atoms with van der Waals surface area (Å²) in [5, 5.41) is 3.00. The molecule has 1 aliphatic rings. The summed E-state index contributed by atoms with van der Waals surface area (Å²) in [5.41, 5.74) is 8.10. The van der Waals surface area contributed by atoms with Gasteiger partial charge in [-0.15, -0.1) is 0 Å². The first kappa shape index (κ1) is 13.1. The molecule has 1 fully saturated rings. The molecule has 1 atom stereocenters. The average Bonchev–Trinajstić information content (AvgIpc) is 2.98. The fourth-order valence-corrected chi connectivity index (χ4v) is 2.22. The van der Waals surface area contributed by atoms with Crippen LogP contribution in [0.3, 0.4) is 0 Å². The Kier molecular flexibility index (Phi) is 3.71. The molecule has 3 N–H and O–H groups in total. The molecule has 1 saturated carbocycles. The minimum absolute atomic E-state index is 0.186. The zero-order valence-electron chi connectivity index (χ0n) is 11.2.